The maximum absolute atomic E-state index is 11.6. The van der Waals surface area contributed by atoms with Gasteiger partial charge in [-0.15, -0.1) is 0 Å². The molecule has 2 fully saturated rings. The fourth-order valence-corrected chi connectivity index (χ4v) is 3.62. The maximum Gasteiger partial charge on any atom is 0.252 e. The largest absolute Gasteiger partial charge is 0.355 e. The number of carbonyl (C=O) groups is 1. The predicted molar refractivity (Wildman–Crippen MR) is 96.5 cm³/mol. The van der Waals surface area contributed by atoms with Crippen LogP contribution in [0.25, 0.3) is 0 Å². The lowest BCUT2D eigenvalue weighted by Crippen LogP contribution is -2.49. The molecule has 1 N–H and O–H groups in total. The normalized spacial score (nSPS) is 21.0. The molecule has 24 heavy (non-hydrogen) atoms. The van der Waals surface area contributed by atoms with E-state index in [1.54, 1.807) is 13.2 Å². The first kappa shape index (κ1) is 17.2. The Morgan fingerprint density at radius 1 is 1.17 bits per heavy atom. The number of nitrogens with zero attached hydrogens (tertiary/aromatic N) is 4. The molecular weight excluding hydrogens is 302 g/mol. The zero-order valence-corrected chi connectivity index (χ0v) is 14.9. The summed E-state index contributed by atoms with van der Waals surface area (Å²) in [6.45, 7) is 7.96. The Morgan fingerprint density at radius 3 is 2.46 bits per heavy atom. The molecule has 132 valence electrons. The first-order valence-corrected chi connectivity index (χ1v) is 8.99. The van der Waals surface area contributed by atoms with Crippen molar-refractivity contribution in [2.75, 3.05) is 64.8 Å². The first-order valence-electron chi connectivity index (χ1n) is 8.99. The van der Waals surface area contributed by atoms with Gasteiger partial charge in [0.25, 0.3) is 5.91 Å². The standard InChI is InChI=1S/C18H29N5O/c1-19-18(24)16-3-4-17(20-13-16)23-11-9-22(10-12-23)14-15-5-7-21(2)8-6-15/h3-4,13,15H,5-12,14H2,1-2H3,(H,19,24). The molecule has 0 radical (unpaired) electrons. The number of carbonyl (C=O) groups excluding carboxylic acids is 1. The van der Waals surface area contributed by atoms with Gasteiger partial charge in [-0.2, -0.15) is 0 Å². The van der Waals surface area contributed by atoms with Crippen molar-refractivity contribution in [3.63, 3.8) is 0 Å². The summed E-state index contributed by atoms with van der Waals surface area (Å²) in [4.78, 5) is 23.4. The highest BCUT2D eigenvalue weighted by Gasteiger charge is 2.23. The van der Waals surface area contributed by atoms with Gasteiger partial charge in [-0.3, -0.25) is 9.69 Å². The molecule has 1 aromatic rings. The summed E-state index contributed by atoms with van der Waals surface area (Å²) < 4.78 is 0. The first-order chi connectivity index (χ1) is 11.7. The minimum absolute atomic E-state index is 0.0861. The van der Waals surface area contributed by atoms with Crippen molar-refractivity contribution in [2.45, 2.75) is 12.8 Å². The summed E-state index contributed by atoms with van der Waals surface area (Å²) in [5, 5.41) is 2.63. The second-order valence-corrected chi connectivity index (χ2v) is 7.02. The molecule has 0 aliphatic carbocycles. The molecule has 1 aromatic heterocycles. The molecule has 1 amide bonds. The number of amides is 1. The highest BCUT2D eigenvalue weighted by molar-refractivity contribution is 5.93. The average Bonchev–Trinajstić information content (AvgIpc) is 2.64. The number of piperazine rings is 1. The van der Waals surface area contributed by atoms with E-state index in [-0.39, 0.29) is 5.91 Å². The summed E-state index contributed by atoms with van der Waals surface area (Å²) in [5.74, 6) is 1.75. The molecule has 2 aliphatic heterocycles. The lowest BCUT2D eigenvalue weighted by atomic mass is 9.96. The molecule has 2 aliphatic rings. The van der Waals surface area contributed by atoms with Gasteiger partial charge < -0.3 is 15.1 Å². The summed E-state index contributed by atoms with van der Waals surface area (Å²) >= 11 is 0. The van der Waals surface area contributed by atoms with E-state index in [9.17, 15) is 4.79 Å². The van der Waals surface area contributed by atoms with Crippen LogP contribution < -0.4 is 10.2 Å². The van der Waals surface area contributed by atoms with Crippen LogP contribution in [-0.2, 0) is 0 Å². The van der Waals surface area contributed by atoms with Crippen molar-refractivity contribution in [2.24, 2.45) is 5.92 Å². The fraction of sp³-hybridized carbons (Fsp3) is 0.667. The van der Waals surface area contributed by atoms with E-state index in [0.717, 1.165) is 37.9 Å². The van der Waals surface area contributed by atoms with Crippen molar-refractivity contribution in [1.82, 2.24) is 20.1 Å². The van der Waals surface area contributed by atoms with Gasteiger partial charge >= 0.3 is 0 Å². The molecule has 0 saturated carbocycles. The molecular formula is C18H29N5O. The molecule has 3 rings (SSSR count). The Balaban J connectivity index is 1.47. The Bertz CT molecular complexity index is 531. The molecule has 0 unspecified atom stereocenters. The highest BCUT2D eigenvalue weighted by Crippen LogP contribution is 2.19. The number of hydrogen-bond donors (Lipinski definition) is 1. The molecule has 0 spiro atoms. The van der Waals surface area contributed by atoms with E-state index in [1.807, 2.05) is 12.1 Å². The van der Waals surface area contributed by atoms with Crippen LogP contribution >= 0.6 is 0 Å². The Hall–Kier alpha value is -1.66. The number of likely N-dealkylation sites (tertiary alicyclic amines) is 1. The summed E-state index contributed by atoms with van der Waals surface area (Å²) in [6, 6.07) is 3.81. The molecule has 0 atom stereocenters. The average molecular weight is 331 g/mol. The minimum atomic E-state index is -0.0861. The molecule has 3 heterocycles. The third-order valence-corrected chi connectivity index (χ3v) is 5.29. The van der Waals surface area contributed by atoms with E-state index >= 15 is 0 Å². The van der Waals surface area contributed by atoms with Gasteiger partial charge in [-0.05, 0) is 51.0 Å². The molecule has 0 aromatic carbocycles. The zero-order chi connectivity index (χ0) is 16.9. The molecule has 0 bridgehead atoms. The number of aromatic nitrogens is 1. The van der Waals surface area contributed by atoms with Crippen LogP contribution in [0.1, 0.15) is 23.2 Å². The Labute approximate surface area is 144 Å². The third kappa shape index (κ3) is 4.24. The van der Waals surface area contributed by atoms with E-state index in [0.29, 0.717) is 5.56 Å². The van der Waals surface area contributed by atoms with Gasteiger partial charge in [-0.25, -0.2) is 4.98 Å². The molecule has 2 saturated heterocycles. The van der Waals surface area contributed by atoms with Crippen LogP contribution in [0.15, 0.2) is 18.3 Å². The van der Waals surface area contributed by atoms with Crippen molar-refractivity contribution in [1.29, 1.82) is 0 Å². The van der Waals surface area contributed by atoms with Crippen LogP contribution in [0.4, 0.5) is 5.82 Å². The highest BCUT2D eigenvalue weighted by atomic mass is 16.1. The molecule has 6 nitrogen and oxygen atoms in total. The lowest BCUT2D eigenvalue weighted by molar-refractivity contribution is 0.0963. The zero-order valence-electron chi connectivity index (χ0n) is 14.9. The monoisotopic (exact) mass is 331 g/mol. The SMILES string of the molecule is CNC(=O)c1ccc(N2CCN(CC3CCN(C)CC3)CC2)nc1. The predicted octanol–water partition coefficient (Wildman–Crippen LogP) is 0.905. The Kier molecular flexibility index (Phi) is 5.68. The van der Waals surface area contributed by atoms with E-state index in [1.165, 1.54) is 32.5 Å². The van der Waals surface area contributed by atoms with Crippen molar-refractivity contribution < 1.29 is 4.79 Å². The van der Waals surface area contributed by atoms with E-state index in [2.05, 4.69) is 32.0 Å². The smallest absolute Gasteiger partial charge is 0.252 e. The lowest BCUT2D eigenvalue weighted by Gasteiger charge is -2.38. The summed E-state index contributed by atoms with van der Waals surface area (Å²) in [7, 11) is 3.86. The van der Waals surface area contributed by atoms with Crippen LogP contribution in [0.2, 0.25) is 0 Å². The van der Waals surface area contributed by atoms with Crippen LogP contribution in [0, 0.1) is 5.92 Å². The summed E-state index contributed by atoms with van der Waals surface area (Å²) in [5.41, 5.74) is 0.613. The minimum Gasteiger partial charge on any atom is -0.355 e. The van der Waals surface area contributed by atoms with Gasteiger partial charge in [0.05, 0.1) is 5.56 Å². The topological polar surface area (TPSA) is 51.7 Å². The van der Waals surface area contributed by atoms with Gasteiger partial charge in [0.1, 0.15) is 5.82 Å². The number of piperidine rings is 1. The number of nitrogens with one attached hydrogen (secondary N) is 1. The van der Waals surface area contributed by atoms with Crippen molar-refractivity contribution >= 4 is 11.7 Å². The van der Waals surface area contributed by atoms with E-state index < -0.39 is 0 Å². The van der Waals surface area contributed by atoms with Gasteiger partial charge in [-0.1, -0.05) is 0 Å². The Morgan fingerprint density at radius 2 is 1.88 bits per heavy atom. The fourth-order valence-electron chi connectivity index (χ4n) is 3.62. The number of anilines is 1. The molecule has 6 heteroatoms. The van der Waals surface area contributed by atoms with Crippen molar-refractivity contribution in [3.8, 4) is 0 Å². The second-order valence-electron chi connectivity index (χ2n) is 7.02. The van der Waals surface area contributed by atoms with Gasteiger partial charge in [0.2, 0.25) is 0 Å². The van der Waals surface area contributed by atoms with Crippen LogP contribution in [0.3, 0.4) is 0 Å². The summed E-state index contributed by atoms with van der Waals surface area (Å²) in [6.07, 6.45) is 4.33. The van der Waals surface area contributed by atoms with Crippen molar-refractivity contribution in [3.05, 3.63) is 23.9 Å². The maximum atomic E-state index is 11.6. The van der Waals surface area contributed by atoms with Gasteiger partial charge in [0, 0.05) is 46.0 Å². The van der Waals surface area contributed by atoms with Gasteiger partial charge in [0.15, 0.2) is 0 Å². The number of rotatable bonds is 4. The second kappa shape index (κ2) is 7.94. The van der Waals surface area contributed by atoms with Crippen LogP contribution in [0.5, 0.6) is 0 Å². The quantitative estimate of drug-likeness (QED) is 0.889. The number of pyridine rings is 1. The third-order valence-electron chi connectivity index (χ3n) is 5.29. The number of hydrogen-bond acceptors (Lipinski definition) is 5. The van der Waals surface area contributed by atoms with Crippen LogP contribution in [-0.4, -0.2) is 80.6 Å². The van der Waals surface area contributed by atoms with E-state index in [4.69, 9.17) is 0 Å².